The Balaban J connectivity index is 0.00000245. The van der Waals surface area contributed by atoms with Crippen LogP contribution < -0.4 is 16.0 Å². The molecule has 2 aromatic carbocycles. The molecule has 0 fully saturated rings. The number of carbonyl (C=O) groups excluding carboxylic acids is 2. The number of aromatic nitrogens is 1. The third-order valence-corrected chi connectivity index (χ3v) is 9.21. The van der Waals surface area contributed by atoms with Crippen LogP contribution in [0, 0.1) is 0 Å². The van der Waals surface area contributed by atoms with Gasteiger partial charge in [0, 0.05) is 24.0 Å². The maximum atomic E-state index is 13.7. The van der Waals surface area contributed by atoms with Crippen molar-refractivity contribution < 1.29 is 22.8 Å². The zero-order chi connectivity index (χ0) is 34.0. The molecule has 6 nitrogen and oxygen atoms in total. The van der Waals surface area contributed by atoms with E-state index in [1.54, 1.807) is 0 Å². The Morgan fingerprint density at radius 3 is 2.45 bits per heavy atom. The molecule has 0 saturated heterocycles. The van der Waals surface area contributed by atoms with Crippen LogP contribution in [0.2, 0.25) is 0 Å². The Kier molecular flexibility index (Phi) is 12.5. The molecule has 47 heavy (non-hydrogen) atoms. The second kappa shape index (κ2) is 16.3. The molecule has 3 aromatic rings. The third kappa shape index (κ3) is 8.18. The number of nitrogens with one attached hydrogen (secondary N) is 3. The SMILES string of the molecule is CC.CCC(CCNCCCCC1(C(=O)NCC(F)(F)F)C2=CCCCC=C2c2ccccc21)NC(=O)c1cc2ccccc2n1C. The van der Waals surface area contributed by atoms with Gasteiger partial charge in [0.05, 0.1) is 5.41 Å². The quantitative estimate of drug-likeness (QED) is 0.164. The number of hydrogen-bond acceptors (Lipinski definition) is 3. The first-order chi connectivity index (χ1) is 22.7. The van der Waals surface area contributed by atoms with Crippen molar-refractivity contribution in [2.24, 2.45) is 7.05 Å². The highest BCUT2D eigenvalue weighted by molar-refractivity contribution is 6.05. The minimum Gasteiger partial charge on any atom is -0.348 e. The Hall–Kier alpha value is -3.85. The van der Waals surface area contributed by atoms with Gasteiger partial charge in [-0.15, -0.1) is 0 Å². The molecule has 2 amide bonds. The standard InChI is InChI=1S/C36H43F3N4O2.C2H6/c1-3-26(42-33(44)32-23-25-13-7-10-18-31(25)43(32)2)19-22-40-21-12-11-20-35(34(45)41-24-36(37,38)39)29-16-6-4-5-14-27(29)28-15-8-9-17-30(28)35;1-2/h7-10,13-18,23,26,40H,3-6,11-12,19-22,24H2,1-2H3,(H,41,45)(H,42,44);1-2H3. The van der Waals surface area contributed by atoms with E-state index in [4.69, 9.17) is 0 Å². The molecule has 0 saturated carbocycles. The number of rotatable bonds is 13. The van der Waals surface area contributed by atoms with Crippen LogP contribution in [-0.4, -0.2) is 48.2 Å². The smallest absolute Gasteiger partial charge is 0.348 e. The van der Waals surface area contributed by atoms with Crippen LogP contribution in [0.1, 0.15) is 93.8 Å². The number of carbonyl (C=O) groups is 2. The zero-order valence-corrected chi connectivity index (χ0v) is 28.1. The number of halogens is 3. The number of para-hydroxylation sites is 1. The van der Waals surface area contributed by atoms with Gasteiger partial charge < -0.3 is 20.5 Å². The van der Waals surface area contributed by atoms with Crippen molar-refractivity contribution >= 4 is 28.3 Å². The number of fused-ring (bicyclic) bond motifs is 4. The lowest BCUT2D eigenvalue weighted by Crippen LogP contribution is -2.47. The van der Waals surface area contributed by atoms with E-state index in [1.165, 1.54) is 0 Å². The molecule has 2 aliphatic carbocycles. The van der Waals surface area contributed by atoms with Crippen molar-refractivity contribution in [1.29, 1.82) is 0 Å². The lowest BCUT2D eigenvalue weighted by molar-refractivity contribution is -0.141. The molecule has 0 radical (unpaired) electrons. The van der Waals surface area contributed by atoms with Crippen molar-refractivity contribution in [3.8, 4) is 0 Å². The van der Waals surface area contributed by atoms with E-state index >= 15 is 0 Å². The van der Waals surface area contributed by atoms with E-state index in [2.05, 4.69) is 35.0 Å². The average Bonchev–Trinajstić information content (AvgIpc) is 3.41. The van der Waals surface area contributed by atoms with Gasteiger partial charge in [0.15, 0.2) is 0 Å². The zero-order valence-electron chi connectivity index (χ0n) is 28.1. The van der Waals surface area contributed by atoms with Crippen LogP contribution in [-0.2, 0) is 17.3 Å². The maximum absolute atomic E-state index is 13.7. The fraction of sp³-hybridized carbons (Fsp3) is 0.474. The molecule has 1 heterocycles. The summed E-state index contributed by atoms with van der Waals surface area (Å²) in [7, 11) is 1.90. The maximum Gasteiger partial charge on any atom is 0.405 e. The van der Waals surface area contributed by atoms with Gasteiger partial charge in [-0.3, -0.25) is 9.59 Å². The molecular formula is C38H49F3N4O2. The molecule has 0 aliphatic heterocycles. The molecule has 3 N–H and O–H groups in total. The number of benzene rings is 2. The molecule has 0 spiro atoms. The molecule has 2 atom stereocenters. The second-order valence-corrected chi connectivity index (χ2v) is 12.1. The second-order valence-electron chi connectivity index (χ2n) is 12.1. The fourth-order valence-electron chi connectivity index (χ4n) is 6.87. The Morgan fingerprint density at radius 2 is 1.70 bits per heavy atom. The van der Waals surface area contributed by atoms with Gasteiger partial charge in [0.1, 0.15) is 12.2 Å². The van der Waals surface area contributed by atoms with Crippen LogP contribution in [0.5, 0.6) is 0 Å². The van der Waals surface area contributed by atoms with Crippen LogP contribution in [0.15, 0.2) is 72.3 Å². The molecule has 2 unspecified atom stereocenters. The Morgan fingerprint density at radius 1 is 0.979 bits per heavy atom. The van der Waals surface area contributed by atoms with E-state index in [9.17, 15) is 22.8 Å². The first-order valence-electron chi connectivity index (χ1n) is 17.1. The number of allylic oxidation sites excluding steroid dienone is 3. The largest absolute Gasteiger partial charge is 0.405 e. The van der Waals surface area contributed by atoms with Gasteiger partial charge in [-0.25, -0.2) is 0 Å². The van der Waals surface area contributed by atoms with Crippen LogP contribution in [0.3, 0.4) is 0 Å². The van der Waals surface area contributed by atoms with Crippen molar-refractivity contribution in [3.63, 3.8) is 0 Å². The summed E-state index contributed by atoms with van der Waals surface area (Å²) in [6.45, 7) is 6.13. The minimum absolute atomic E-state index is 0.0194. The molecule has 0 bridgehead atoms. The lowest BCUT2D eigenvalue weighted by atomic mass is 9.73. The highest BCUT2D eigenvalue weighted by Gasteiger charge is 2.51. The molecular weight excluding hydrogens is 601 g/mol. The van der Waals surface area contributed by atoms with E-state index in [0.29, 0.717) is 31.6 Å². The lowest BCUT2D eigenvalue weighted by Gasteiger charge is -2.31. The summed E-state index contributed by atoms with van der Waals surface area (Å²) < 4.78 is 41.4. The summed E-state index contributed by atoms with van der Waals surface area (Å²) >= 11 is 0. The summed E-state index contributed by atoms with van der Waals surface area (Å²) in [5.41, 5.74) is 4.08. The monoisotopic (exact) mass is 650 g/mol. The Bertz CT molecular complexity index is 1590. The van der Waals surface area contributed by atoms with Crippen molar-refractivity contribution in [2.45, 2.75) is 89.8 Å². The molecule has 1 aromatic heterocycles. The first kappa shape index (κ1) is 36.0. The third-order valence-electron chi connectivity index (χ3n) is 9.21. The van der Waals surface area contributed by atoms with Gasteiger partial charge >= 0.3 is 6.18 Å². The summed E-state index contributed by atoms with van der Waals surface area (Å²) in [5, 5.41) is 9.90. The predicted molar refractivity (Wildman–Crippen MR) is 184 cm³/mol. The van der Waals surface area contributed by atoms with Crippen molar-refractivity contribution in [2.75, 3.05) is 19.6 Å². The summed E-state index contributed by atoms with van der Waals surface area (Å²) in [6.07, 6.45) is 5.76. The summed E-state index contributed by atoms with van der Waals surface area (Å²) in [6, 6.07) is 17.5. The van der Waals surface area contributed by atoms with Crippen molar-refractivity contribution in [3.05, 3.63) is 89.1 Å². The molecule has 2 aliphatic rings. The number of hydrogen-bond donors (Lipinski definition) is 3. The predicted octanol–water partition coefficient (Wildman–Crippen LogP) is 7.99. The van der Waals surface area contributed by atoms with Crippen molar-refractivity contribution in [1.82, 2.24) is 20.5 Å². The van der Waals surface area contributed by atoms with E-state index in [-0.39, 0.29) is 11.9 Å². The molecule has 5 rings (SSSR count). The number of aryl methyl sites for hydroxylation is 1. The van der Waals surface area contributed by atoms with E-state index in [0.717, 1.165) is 71.7 Å². The highest BCUT2D eigenvalue weighted by atomic mass is 19.4. The summed E-state index contributed by atoms with van der Waals surface area (Å²) in [5.74, 6) is -0.669. The van der Waals surface area contributed by atoms with Gasteiger partial charge in [-0.2, -0.15) is 13.2 Å². The minimum atomic E-state index is -4.49. The number of unbranched alkanes of at least 4 members (excludes halogenated alkanes) is 1. The van der Waals surface area contributed by atoms with Crippen LogP contribution >= 0.6 is 0 Å². The fourth-order valence-corrected chi connectivity index (χ4v) is 6.87. The average molecular weight is 651 g/mol. The molecule has 254 valence electrons. The molecule has 9 heteroatoms. The number of alkyl halides is 3. The number of nitrogens with zero attached hydrogens (tertiary/aromatic N) is 1. The van der Waals surface area contributed by atoms with Crippen LogP contribution in [0.25, 0.3) is 16.5 Å². The van der Waals surface area contributed by atoms with Gasteiger partial charge in [-0.05, 0) is 92.4 Å². The first-order valence-corrected chi connectivity index (χ1v) is 17.1. The summed E-state index contributed by atoms with van der Waals surface area (Å²) in [4.78, 5) is 26.8. The number of amides is 2. The normalized spacial score (nSPS) is 17.8. The Labute approximate surface area is 276 Å². The topological polar surface area (TPSA) is 75.2 Å². The van der Waals surface area contributed by atoms with Crippen LogP contribution in [0.4, 0.5) is 13.2 Å². The van der Waals surface area contributed by atoms with Gasteiger partial charge in [-0.1, -0.05) is 81.8 Å². The highest BCUT2D eigenvalue weighted by Crippen LogP contribution is 2.53. The van der Waals surface area contributed by atoms with Gasteiger partial charge in [0.25, 0.3) is 5.91 Å². The van der Waals surface area contributed by atoms with E-state index < -0.39 is 24.0 Å². The van der Waals surface area contributed by atoms with E-state index in [1.807, 2.05) is 80.1 Å². The van der Waals surface area contributed by atoms with Gasteiger partial charge in [0.2, 0.25) is 5.91 Å².